The predicted octanol–water partition coefficient (Wildman–Crippen LogP) is 4.90. The Morgan fingerprint density at radius 3 is 2.59 bits per heavy atom. The minimum atomic E-state index is -0.617. The first-order chi connectivity index (χ1) is 17.6. The van der Waals surface area contributed by atoms with Gasteiger partial charge in [-0.1, -0.05) is 12.1 Å². The monoisotopic (exact) mass is 508 g/mol. The number of methoxy groups -OCH3 is 1. The number of amides is 2. The van der Waals surface area contributed by atoms with Crippen molar-refractivity contribution in [1.29, 1.82) is 0 Å². The molecule has 1 aliphatic carbocycles. The van der Waals surface area contributed by atoms with Gasteiger partial charge in [-0.3, -0.25) is 4.79 Å². The zero-order valence-corrected chi connectivity index (χ0v) is 21.4. The maximum absolute atomic E-state index is 13.0. The summed E-state index contributed by atoms with van der Waals surface area (Å²) in [6.07, 6.45) is 1.31. The van der Waals surface area contributed by atoms with E-state index in [1.165, 1.54) is 7.11 Å². The van der Waals surface area contributed by atoms with Crippen LogP contribution >= 0.6 is 0 Å². The van der Waals surface area contributed by atoms with Crippen molar-refractivity contribution in [3.63, 3.8) is 0 Å². The van der Waals surface area contributed by atoms with Gasteiger partial charge in [0.15, 0.2) is 0 Å². The van der Waals surface area contributed by atoms with E-state index in [4.69, 9.17) is 13.9 Å². The lowest BCUT2D eigenvalue weighted by Crippen LogP contribution is -2.34. The van der Waals surface area contributed by atoms with Gasteiger partial charge in [-0.15, -0.1) is 0 Å². The van der Waals surface area contributed by atoms with Crippen molar-refractivity contribution in [3.05, 3.63) is 64.0 Å². The highest BCUT2D eigenvalue weighted by molar-refractivity contribution is 5.91. The van der Waals surface area contributed by atoms with Gasteiger partial charge in [0.05, 0.1) is 18.1 Å². The van der Waals surface area contributed by atoms with Crippen LogP contribution in [0.3, 0.4) is 0 Å². The molecule has 0 aliphatic heterocycles. The number of fused-ring (bicyclic) bond motifs is 1. The van der Waals surface area contributed by atoms with Crippen LogP contribution in [-0.2, 0) is 9.53 Å². The van der Waals surface area contributed by atoms with Gasteiger partial charge < -0.3 is 29.6 Å². The molecule has 0 spiro atoms. The van der Waals surface area contributed by atoms with Crippen molar-refractivity contribution in [2.24, 2.45) is 5.92 Å². The Hall–Kier alpha value is -4.01. The summed E-state index contributed by atoms with van der Waals surface area (Å²) in [4.78, 5) is 37.3. The number of hydrogen-bond donors (Lipinski definition) is 3. The van der Waals surface area contributed by atoms with E-state index in [-0.39, 0.29) is 47.6 Å². The number of aromatic hydroxyl groups is 1. The van der Waals surface area contributed by atoms with Crippen LogP contribution in [0.25, 0.3) is 11.0 Å². The molecule has 37 heavy (non-hydrogen) atoms. The molecule has 0 saturated heterocycles. The molecule has 4 rings (SSSR count). The maximum Gasteiger partial charge on any atom is 0.407 e. The van der Waals surface area contributed by atoms with Gasteiger partial charge in [0.1, 0.15) is 22.7 Å². The second-order valence-corrected chi connectivity index (χ2v) is 10.2. The zero-order valence-electron chi connectivity index (χ0n) is 21.4. The third kappa shape index (κ3) is 6.41. The van der Waals surface area contributed by atoms with Crippen LogP contribution in [0.5, 0.6) is 11.5 Å². The Bertz CT molecular complexity index is 1370. The van der Waals surface area contributed by atoms with Crippen molar-refractivity contribution >= 4 is 28.7 Å². The van der Waals surface area contributed by atoms with Crippen molar-refractivity contribution in [1.82, 2.24) is 5.32 Å². The Morgan fingerprint density at radius 2 is 1.92 bits per heavy atom. The van der Waals surface area contributed by atoms with Crippen LogP contribution in [0.2, 0.25) is 0 Å². The first kappa shape index (κ1) is 26.1. The van der Waals surface area contributed by atoms with Crippen LogP contribution < -0.4 is 21.0 Å². The molecule has 2 aromatic carbocycles. The number of hydrogen-bond acceptors (Lipinski definition) is 7. The van der Waals surface area contributed by atoms with Gasteiger partial charge in [-0.05, 0) is 69.4 Å². The summed E-state index contributed by atoms with van der Waals surface area (Å²) in [5.74, 6) is -0.0696. The van der Waals surface area contributed by atoms with Crippen molar-refractivity contribution in [2.75, 3.05) is 19.0 Å². The molecule has 0 radical (unpaired) electrons. The van der Waals surface area contributed by atoms with Gasteiger partial charge >= 0.3 is 11.7 Å². The lowest BCUT2D eigenvalue weighted by Gasteiger charge is -2.20. The first-order valence-corrected chi connectivity index (χ1v) is 12.3. The summed E-state index contributed by atoms with van der Waals surface area (Å²) >= 11 is 0. The molecule has 1 saturated carbocycles. The Kier molecular flexibility index (Phi) is 7.42. The highest BCUT2D eigenvalue weighted by Gasteiger charge is 2.38. The van der Waals surface area contributed by atoms with E-state index in [1.54, 1.807) is 57.2 Å². The Labute approximate surface area is 214 Å². The Morgan fingerprint density at radius 1 is 1.16 bits per heavy atom. The summed E-state index contributed by atoms with van der Waals surface area (Å²) in [5, 5.41) is 16.9. The predicted molar refractivity (Wildman–Crippen MR) is 139 cm³/mol. The average molecular weight is 509 g/mol. The maximum atomic E-state index is 13.0. The fraction of sp³-hybridized carbons (Fsp3) is 0.393. The molecule has 9 heteroatoms. The summed E-state index contributed by atoms with van der Waals surface area (Å²) in [7, 11) is 1.51. The Balaban J connectivity index is 1.52. The van der Waals surface area contributed by atoms with Gasteiger partial charge in [-0.25, -0.2) is 9.59 Å². The topological polar surface area (TPSA) is 127 Å². The highest BCUT2D eigenvalue weighted by Crippen LogP contribution is 2.49. The fourth-order valence-electron chi connectivity index (χ4n) is 4.31. The van der Waals surface area contributed by atoms with Gasteiger partial charge in [-0.2, -0.15) is 0 Å². The molecule has 1 fully saturated rings. The van der Waals surface area contributed by atoms with Gasteiger partial charge in [0.25, 0.3) is 0 Å². The van der Waals surface area contributed by atoms with Crippen LogP contribution in [0.4, 0.5) is 10.5 Å². The molecule has 1 unspecified atom stereocenters. The van der Waals surface area contributed by atoms with Crippen molar-refractivity contribution < 1.29 is 28.6 Å². The average Bonchev–Trinajstić information content (AvgIpc) is 3.65. The molecule has 9 nitrogen and oxygen atoms in total. The number of ether oxygens (including phenoxy) is 2. The normalized spacial score (nSPS) is 14.2. The summed E-state index contributed by atoms with van der Waals surface area (Å²) in [5.41, 5.74) is 0.598. The minimum absolute atomic E-state index is 0.0635. The number of benzene rings is 2. The number of carbonyl (C=O) groups excluding carboxylic acids is 2. The second kappa shape index (κ2) is 10.5. The zero-order chi connectivity index (χ0) is 26.7. The van der Waals surface area contributed by atoms with Crippen LogP contribution in [0.15, 0.2) is 51.7 Å². The molecule has 3 aromatic rings. The molecule has 196 valence electrons. The van der Waals surface area contributed by atoms with E-state index in [1.807, 2.05) is 6.07 Å². The van der Waals surface area contributed by atoms with Crippen LogP contribution in [0.1, 0.15) is 57.1 Å². The van der Waals surface area contributed by atoms with E-state index < -0.39 is 17.3 Å². The lowest BCUT2D eigenvalue weighted by molar-refractivity contribution is -0.116. The summed E-state index contributed by atoms with van der Waals surface area (Å²) in [6, 6.07) is 12.2. The molecule has 2 amide bonds. The second-order valence-electron chi connectivity index (χ2n) is 10.2. The van der Waals surface area contributed by atoms with Crippen LogP contribution in [-0.4, -0.2) is 36.4 Å². The SMILES string of the molecule is COc1ccc2c(O)c(C(c3cccc(NC(=O)CCNC(=O)OC(C)(C)C)c3)C3CC3)c(=O)oc2c1. The molecule has 1 aliphatic rings. The van der Waals surface area contributed by atoms with Gasteiger partial charge in [0, 0.05) is 30.6 Å². The third-order valence-corrected chi connectivity index (χ3v) is 6.08. The standard InChI is InChI=1S/C28H32N2O7/c1-28(2,3)37-27(34)29-13-12-22(31)30-18-7-5-6-17(14-18)23(16-8-9-16)24-25(32)20-11-10-19(35-4)15-21(20)36-26(24)33/h5-7,10-11,14-16,23,32H,8-9,12-13H2,1-4H3,(H,29,34)(H,30,31). The van der Waals surface area contributed by atoms with E-state index in [0.29, 0.717) is 16.8 Å². The van der Waals surface area contributed by atoms with E-state index in [0.717, 1.165) is 18.4 Å². The highest BCUT2D eigenvalue weighted by atomic mass is 16.6. The van der Waals surface area contributed by atoms with Crippen molar-refractivity contribution in [3.8, 4) is 11.5 Å². The third-order valence-electron chi connectivity index (χ3n) is 6.08. The van der Waals surface area contributed by atoms with E-state index >= 15 is 0 Å². The van der Waals surface area contributed by atoms with Crippen molar-refractivity contribution in [2.45, 2.75) is 51.6 Å². The molecular formula is C28H32N2O7. The molecule has 1 atom stereocenters. The van der Waals surface area contributed by atoms with E-state index in [2.05, 4.69) is 10.6 Å². The minimum Gasteiger partial charge on any atom is -0.507 e. The number of rotatable bonds is 8. The number of alkyl carbamates (subject to hydrolysis) is 1. The largest absolute Gasteiger partial charge is 0.507 e. The number of anilines is 1. The molecule has 0 bridgehead atoms. The molecule has 1 aromatic heterocycles. The quantitative estimate of drug-likeness (QED) is 0.369. The summed E-state index contributed by atoms with van der Waals surface area (Å²) in [6.45, 7) is 5.42. The fourth-order valence-corrected chi connectivity index (χ4v) is 4.31. The van der Waals surface area contributed by atoms with E-state index in [9.17, 15) is 19.5 Å². The van der Waals surface area contributed by atoms with Gasteiger partial charge in [0.2, 0.25) is 5.91 Å². The first-order valence-electron chi connectivity index (χ1n) is 12.3. The number of nitrogens with one attached hydrogen (secondary N) is 2. The molecular weight excluding hydrogens is 476 g/mol. The van der Waals surface area contributed by atoms with Crippen LogP contribution in [0, 0.1) is 5.92 Å². The molecule has 3 N–H and O–H groups in total. The lowest BCUT2D eigenvalue weighted by atomic mass is 9.86. The summed E-state index contributed by atoms with van der Waals surface area (Å²) < 4.78 is 15.9. The molecule has 1 heterocycles. The smallest absolute Gasteiger partial charge is 0.407 e. The number of carbonyl (C=O) groups is 2.